The molecule has 1 saturated heterocycles. The zero-order valence-electron chi connectivity index (χ0n) is 46.6. The first-order valence-electron chi connectivity index (χ1n) is 26.9. The largest absolute Gasteiger partial charge is 0.379 e. The van der Waals surface area contributed by atoms with Gasteiger partial charge < -0.3 is 40.6 Å². The lowest BCUT2D eigenvalue weighted by molar-refractivity contribution is -0.148. The molecule has 1 aromatic carbocycles. The van der Waals surface area contributed by atoms with Crippen molar-refractivity contribution in [1.29, 1.82) is 0 Å². The number of para-hydroxylation sites is 1. The molecule has 2 aromatic rings. The zero-order chi connectivity index (χ0) is 56.4. The fraction of sp³-hybridized carbons (Fsp3) is 0.655. The van der Waals surface area contributed by atoms with E-state index in [1.54, 1.807) is 37.0 Å². The molecule has 0 aliphatic carbocycles. The summed E-state index contributed by atoms with van der Waals surface area (Å²) in [6.45, 7) is 14.3. The van der Waals surface area contributed by atoms with Crippen molar-refractivity contribution in [2.45, 2.75) is 162 Å². The molecule has 76 heavy (non-hydrogen) atoms. The van der Waals surface area contributed by atoms with Gasteiger partial charge in [0.15, 0.2) is 0 Å². The second-order valence-corrected chi connectivity index (χ2v) is 21.2. The lowest BCUT2D eigenvalue weighted by Crippen LogP contribution is -2.60. The molecule has 3 heterocycles. The molecule has 21 heteroatoms. The van der Waals surface area contributed by atoms with Crippen LogP contribution >= 0.6 is 0 Å². The second kappa shape index (κ2) is 29.9. The third-order valence-electron chi connectivity index (χ3n) is 15.1. The summed E-state index contributed by atoms with van der Waals surface area (Å²) in [5.41, 5.74) is 12.4. The number of benzene rings is 1. The molecule has 9 atom stereocenters. The minimum atomic E-state index is -0.986. The van der Waals surface area contributed by atoms with E-state index in [1.807, 2.05) is 70.7 Å². The maximum atomic E-state index is 14.7. The van der Waals surface area contributed by atoms with Gasteiger partial charge in [-0.3, -0.25) is 63.8 Å². The number of hydrogen-bond acceptors (Lipinski definition) is 12. The van der Waals surface area contributed by atoms with Crippen molar-refractivity contribution in [2.75, 3.05) is 47.9 Å². The summed E-state index contributed by atoms with van der Waals surface area (Å²) in [5, 5.41) is 6.81. The van der Waals surface area contributed by atoms with Gasteiger partial charge in [-0.1, -0.05) is 79.5 Å². The Kier molecular flexibility index (Phi) is 24.6. The summed E-state index contributed by atoms with van der Waals surface area (Å²) in [6, 6.07) is 4.06. The topological polar surface area (TPSA) is 275 Å². The predicted molar refractivity (Wildman–Crippen MR) is 287 cm³/mol. The smallest absolute Gasteiger partial charge is 0.253 e. The van der Waals surface area contributed by atoms with Gasteiger partial charge in [0.2, 0.25) is 41.4 Å². The quantitative estimate of drug-likeness (QED) is 0.0361. The standard InChI is InChI=1S/C55H86N10O11/c1-12-35(6)50(42(75-10)31-47(70)64-29-18-22-41(64)51(76-11)36(7)53(72)58-40(52(56)71)30-37-32-57-39-21-16-15-20-38(37)39)63(9)55(74)48(33(2)3)59-54(73)49(34(4)5)62(8)27-19-24-44(67)61-60-43(66)23-14-13-17-28-65-45(68)25-26-46(65)69/h15-16,20-21,25-26,32-36,40-42,48-51,57H,12-14,17-19,22-24,27-31H2,1-11H3,(H2,56,71)(H,58,72)(H,59,73)(H,60,66)(H,61,67)/t35-,36+,40-,41-,42+,48-,49-,50-,51+/m0/s1. The second-order valence-electron chi connectivity index (χ2n) is 21.2. The maximum Gasteiger partial charge on any atom is 0.253 e. The Morgan fingerprint density at radius 2 is 1.47 bits per heavy atom. The lowest BCUT2D eigenvalue weighted by atomic mass is 9.89. The van der Waals surface area contributed by atoms with Gasteiger partial charge in [-0.25, -0.2) is 0 Å². The van der Waals surface area contributed by atoms with Gasteiger partial charge in [-0.2, -0.15) is 0 Å². The number of hydrogen-bond donors (Lipinski definition) is 6. The first-order chi connectivity index (χ1) is 36.1. The highest BCUT2D eigenvalue weighted by Crippen LogP contribution is 2.30. The Bertz CT molecular complexity index is 2340. The lowest BCUT2D eigenvalue weighted by Gasteiger charge is -2.41. The van der Waals surface area contributed by atoms with Crippen LogP contribution in [0.5, 0.6) is 0 Å². The average molecular weight is 1060 g/mol. The zero-order valence-corrected chi connectivity index (χ0v) is 46.6. The number of rotatable bonds is 31. The molecule has 2 aliphatic rings. The number of H-pyrrole nitrogens is 1. The highest BCUT2D eigenvalue weighted by Gasteiger charge is 2.44. The molecule has 0 bridgehead atoms. The molecule has 0 spiro atoms. The van der Waals surface area contributed by atoms with E-state index in [1.165, 1.54) is 26.4 Å². The van der Waals surface area contributed by atoms with E-state index in [9.17, 15) is 43.2 Å². The third-order valence-corrected chi connectivity index (χ3v) is 15.1. The van der Waals surface area contributed by atoms with Crippen LogP contribution in [0.4, 0.5) is 0 Å². The Hall–Kier alpha value is -6.19. The minimum absolute atomic E-state index is 0.0680. The van der Waals surface area contributed by atoms with Crippen LogP contribution in [0.3, 0.4) is 0 Å². The van der Waals surface area contributed by atoms with Gasteiger partial charge in [0.25, 0.3) is 11.8 Å². The van der Waals surface area contributed by atoms with Crippen molar-refractivity contribution >= 4 is 64.1 Å². The van der Waals surface area contributed by atoms with Gasteiger partial charge in [-0.15, -0.1) is 0 Å². The normalized spacial score (nSPS) is 17.8. The molecule has 9 amide bonds. The number of nitrogens with one attached hydrogen (secondary N) is 5. The number of nitrogens with two attached hydrogens (primary N) is 1. The number of carbonyl (C=O) groups excluding carboxylic acids is 9. The Morgan fingerprint density at radius 3 is 2.07 bits per heavy atom. The summed E-state index contributed by atoms with van der Waals surface area (Å²) >= 11 is 0. The van der Waals surface area contributed by atoms with Gasteiger partial charge in [-0.05, 0) is 75.1 Å². The first kappa shape index (κ1) is 62.4. The number of primary amides is 1. The van der Waals surface area contributed by atoms with Crippen molar-refractivity contribution in [2.24, 2.45) is 29.4 Å². The number of unbranched alkanes of at least 4 members (excludes halogenated alkanes) is 2. The van der Waals surface area contributed by atoms with E-state index < -0.39 is 66.1 Å². The molecule has 1 aromatic heterocycles. The molecular weight excluding hydrogens is 977 g/mol. The number of aromatic amines is 1. The number of fused-ring (bicyclic) bond motifs is 1. The van der Waals surface area contributed by atoms with Crippen LogP contribution in [-0.4, -0.2) is 168 Å². The number of carbonyl (C=O) groups is 9. The van der Waals surface area contributed by atoms with E-state index in [0.29, 0.717) is 58.0 Å². The highest BCUT2D eigenvalue weighted by atomic mass is 16.5. The molecular formula is C55H86N10O11. The number of likely N-dealkylation sites (N-methyl/N-ethyl adjacent to an activating group) is 2. The molecule has 422 valence electrons. The van der Waals surface area contributed by atoms with Crippen LogP contribution in [0, 0.1) is 23.7 Å². The molecule has 7 N–H and O–H groups in total. The molecule has 21 nitrogen and oxygen atoms in total. The minimum Gasteiger partial charge on any atom is -0.379 e. The van der Waals surface area contributed by atoms with Crippen LogP contribution in [0.15, 0.2) is 42.6 Å². The van der Waals surface area contributed by atoms with Gasteiger partial charge >= 0.3 is 0 Å². The van der Waals surface area contributed by atoms with Crippen molar-refractivity contribution in [3.8, 4) is 0 Å². The monoisotopic (exact) mass is 1060 g/mol. The van der Waals surface area contributed by atoms with E-state index in [2.05, 4.69) is 26.5 Å². The Labute approximate surface area is 448 Å². The van der Waals surface area contributed by atoms with E-state index in [4.69, 9.17) is 15.2 Å². The van der Waals surface area contributed by atoms with Crippen molar-refractivity contribution in [3.63, 3.8) is 0 Å². The number of ether oxygens (including phenoxy) is 2. The fourth-order valence-corrected chi connectivity index (χ4v) is 10.6. The van der Waals surface area contributed by atoms with Crippen LogP contribution < -0.4 is 27.2 Å². The summed E-state index contributed by atoms with van der Waals surface area (Å²) < 4.78 is 12.0. The number of likely N-dealkylation sites (tertiary alicyclic amines) is 1. The average Bonchev–Trinajstić information content (AvgIpc) is 4.12. The summed E-state index contributed by atoms with van der Waals surface area (Å²) in [7, 11) is 6.48. The number of amides is 9. The Morgan fingerprint density at radius 1 is 0.829 bits per heavy atom. The van der Waals surface area contributed by atoms with Crippen molar-refractivity contribution < 1.29 is 52.6 Å². The number of nitrogens with zero attached hydrogens (tertiary/aromatic N) is 4. The third kappa shape index (κ3) is 16.9. The van der Waals surface area contributed by atoms with Crippen LogP contribution in [0.1, 0.15) is 118 Å². The first-order valence-corrected chi connectivity index (χ1v) is 26.9. The number of hydrazine groups is 1. The van der Waals surface area contributed by atoms with Crippen LogP contribution in [0.2, 0.25) is 0 Å². The molecule has 0 saturated carbocycles. The molecule has 0 unspecified atom stereocenters. The number of methoxy groups -OCH3 is 2. The van der Waals surface area contributed by atoms with E-state index in [0.717, 1.165) is 21.4 Å². The van der Waals surface area contributed by atoms with Crippen LogP contribution in [-0.2, 0) is 59.0 Å². The summed E-state index contributed by atoms with van der Waals surface area (Å²) in [4.78, 5) is 128. The van der Waals surface area contributed by atoms with Gasteiger partial charge in [0, 0.05) is 82.9 Å². The summed E-state index contributed by atoms with van der Waals surface area (Å²) in [6.07, 6.45) is 7.16. The molecule has 2 aliphatic heterocycles. The number of imide groups is 1. The summed E-state index contributed by atoms with van der Waals surface area (Å²) in [5.74, 6) is -4.83. The molecule has 0 radical (unpaired) electrons. The van der Waals surface area contributed by atoms with E-state index in [-0.39, 0.29) is 85.4 Å². The van der Waals surface area contributed by atoms with Gasteiger partial charge in [0.1, 0.15) is 12.1 Å². The van der Waals surface area contributed by atoms with Gasteiger partial charge in [0.05, 0.1) is 42.7 Å². The SMILES string of the molecule is CC[C@H](C)[C@@H]([C@@H](CC(=O)N1CCC[C@H]1[C@H](OC)[C@@H](C)C(=O)N[C@@H](Cc1c[nH]c2ccccc12)C(N)=O)OC)N(C)C(=O)[C@@H](NC(=O)[C@H](C(C)C)N(C)CCCC(=O)NNC(=O)CCCCCN1C(=O)C=CC1=O)C(C)C. The van der Waals surface area contributed by atoms with E-state index >= 15 is 0 Å². The Balaban J connectivity index is 1.33. The fourth-order valence-electron chi connectivity index (χ4n) is 10.6. The van der Waals surface area contributed by atoms with Crippen molar-refractivity contribution in [1.82, 2.24) is 46.1 Å². The highest BCUT2D eigenvalue weighted by molar-refractivity contribution is 6.12. The van der Waals surface area contributed by atoms with Crippen LogP contribution in [0.25, 0.3) is 10.9 Å². The predicted octanol–water partition coefficient (Wildman–Crippen LogP) is 3.11. The maximum absolute atomic E-state index is 14.7. The molecule has 4 rings (SSSR count). The van der Waals surface area contributed by atoms with Crippen molar-refractivity contribution in [3.05, 3.63) is 48.2 Å². The molecule has 1 fully saturated rings. The number of aromatic nitrogens is 1.